The van der Waals surface area contributed by atoms with Gasteiger partial charge in [0.05, 0.1) is 13.2 Å². The molecule has 0 bridgehead atoms. The van der Waals surface area contributed by atoms with Crippen LogP contribution in [0.4, 0.5) is 0 Å². The number of morpholine rings is 1. The van der Waals surface area contributed by atoms with Crippen LogP contribution >= 0.6 is 0 Å². The molecular weight excluding hydrogens is 416 g/mol. The van der Waals surface area contributed by atoms with Crippen LogP contribution < -0.4 is 0 Å². The molecule has 1 aromatic carbocycles. The lowest BCUT2D eigenvalue weighted by atomic mass is 9.49. The Bertz CT molecular complexity index is 1090. The molecule has 4 aliphatic carbocycles. The number of nitrogens with zero attached hydrogens (tertiary/aromatic N) is 2. The number of hydrogen-bond acceptors (Lipinski definition) is 3. The van der Waals surface area contributed by atoms with Gasteiger partial charge >= 0.3 is 0 Å². The van der Waals surface area contributed by atoms with Crippen molar-refractivity contribution in [2.45, 2.75) is 64.3 Å². The van der Waals surface area contributed by atoms with Crippen LogP contribution in [-0.2, 0) is 4.74 Å². The van der Waals surface area contributed by atoms with Crippen molar-refractivity contribution in [3.63, 3.8) is 0 Å². The Morgan fingerprint density at radius 1 is 0.941 bits per heavy atom. The predicted octanol–water partition coefficient (Wildman–Crippen LogP) is 6.58. The van der Waals surface area contributed by atoms with Crippen LogP contribution in [-0.4, -0.2) is 42.2 Å². The van der Waals surface area contributed by atoms with Gasteiger partial charge in [-0.2, -0.15) is 0 Å². The van der Waals surface area contributed by atoms with Gasteiger partial charge < -0.3 is 4.74 Å². The first-order valence-electron chi connectivity index (χ1n) is 14.1. The third-order valence-corrected chi connectivity index (χ3v) is 11.0. The van der Waals surface area contributed by atoms with Crippen molar-refractivity contribution in [3.8, 4) is 0 Å². The van der Waals surface area contributed by atoms with Gasteiger partial charge in [0.25, 0.3) is 0 Å². The molecule has 0 radical (unpaired) electrons. The fourth-order valence-electron chi connectivity index (χ4n) is 9.37. The highest BCUT2D eigenvalue weighted by Gasteiger charge is 2.55. The molecule has 1 aliphatic heterocycles. The Kier molecular flexibility index (Phi) is 5.36. The van der Waals surface area contributed by atoms with Crippen LogP contribution in [0.3, 0.4) is 0 Å². The first kappa shape index (κ1) is 21.6. The zero-order valence-electron chi connectivity index (χ0n) is 20.8. The third kappa shape index (κ3) is 3.41. The summed E-state index contributed by atoms with van der Waals surface area (Å²) in [5.74, 6) is 4.76. The molecule has 2 aromatic rings. The predicted molar refractivity (Wildman–Crippen MR) is 138 cm³/mol. The number of rotatable bonds is 2. The van der Waals surface area contributed by atoms with Crippen molar-refractivity contribution in [1.29, 1.82) is 0 Å². The molecule has 3 nitrogen and oxygen atoms in total. The second-order valence-electron chi connectivity index (χ2n) is 12.3. The van der Waals surface area contributed by atoms with Crippen LogP contribution in [0.1, 0.15) is 63.9 Å². The first-order valence-corrected chi connectivity index (χ1v) is 14.1. The summed E-state index contributed by atoms with van der Waals surface area (Å²) in [6.45, 7) is 6.82. The summed E-state index contributed by atoms with van der Waals surface area (Å²) in [6.07, 6.45) is 18.0. The van der Waals surface area contributed by atoms with Crippen molar-refractivity contribution in [2.75, 3.05) is 26.3 Å². The summed E-state index contributed by atoms with van der Waals surface area (Å²) in [5, 5.41) is 2.58. The molecule has 3 saturated carbocycles. The van der Waals surface area contributed by atoms with E-state index in [9.17, 15) is 0 Å². The first-order chi connectivity index (χ1) is 16.7. The fraction of sp³-hybridized carbons (Fsp3) is 0.645. The van der Waals surface area contributed by atoms with E-state index in [0.29, 0.717) is 5.41 Å². The lowest BCUT2D eigenvalue weighted by Gasteiger charge is -2.56. The van der Waals surface area contributed by atoms with Gasteiger partial charge in [-0.25, -0.2) is 0 Å². The van der Waals surface area contributed by atoms with E-state index in [4.69, 9.17) is 4.74 Å². The number of pyridine rings is 1. The monoisotopic (exact) mass is 456 g/mol. The highest BCUT2D eigenvalue weighted by Crippen LogP contribution is 2.64. The van der Waals surface area contributed by atoms with Crippen molar-refractivity contribution >= 4 is 16.3 Å². The van der Waals surface area contributed by atoms with Gasteiger partial charge in [0.15, 0.2) is 0 Å². The minimum absolute atomic E-state index is 0.361. The normalized spacial score (nSPS) is 40.3. The number of allylic oxidation sites excluding steroid dienone is 2. The third-order valence-electron chi connectivity index (χ3n) is 11.0. The summed E-state index contributed by atoms with van der Waals surface area (Å²) in [7, 11) is 0. The molecule has 2 heterocycles. The van der Waals surface area contributed by atoms with E-state index in [-0.39, 0.29) is 0 Å². The fourth-order valence-corrected chi connectivity index (χ4v) is 9.37. The summed E-state index contributed by atoms with van der Waals surface area (Å²) in [4.78, 5) is 7.07. The number of ether oxygens (including phenoxy) is 1. The van der Waals surface area contributed by atoms with Crippen LogP contribution in [0, 0.1) is 35.0 Å². The van der Waals surface area contributed by atoms with E-state index in [2.05, 4.69) is 47.1 Å². The number of aromatic nitrogens is 1. The molecule has 1 unspecified atom stereocenters. The Hall–Kier alpha value is -1.71. The zero-order valence-corrected chi connectivity index (χ0v) is 20.8. The SMILES string of the molecule is C[C@]12CC[C@H]3C(CC[C@H]4C[C@@H](N5CCOCC5)CC[C@@H]43)[C@@H]1CC=C2c1ccc2cnccc2c1. The van der Waals surface area contributed by atoms with E-state index in [1.54, 1.807) is 5.57 Å². The maximum atomic E-state index is 5.63. The van der Waals surface area contributed by atoms with Crippen LogP contribution in [0.5, 0.6) is 0 Å². The standard InChI is InChI=1S/C31H40N2O/c1-31-12-10-27-26-7-5-25(33-14-16-34-17-15-33)19-22(26)4-6-28(27)30(31)9-8-29(31)23-2-3-24-20-32-13-11-21(24)18-23/h2-3,8,11,13,18,20,22,25-28,30H,4-7,9-10,12,14-17,19H2,1H3/t22-,25-,26-,27+,28?,30-,31+/m0/s1. The Morgan fingerprint density at radius 3 is 2.74 bits per heavy atom. The average molecular weight is 457 g/mol. The number of fused-ring (bicyclic) bond motifs is 6. The molecule has 4 fully saturated rings. The quantitative estimate of drug-likeness (QED) is 0.510. The average Bonchev–Trinajstić information content (AvgIpc) is 3.25. The molecule has 1 aromatic heterocycles. The minimum Gasteiger partial charge on any atom is -0.379 e. The van der Waals surface area contributed by atoms with Crippen LogP contribution in [0.25, 0.3) is 16.3 Å². The van der Waals surface area contributed by atoms with E-state index >= 15 is 0 Å². The van der Waals surface area contributed by atoms with Crippen molar-refractivity contribution < 1.29 is 4.74 Å². The van der Waals surface area contributed by atoms with Gasteiger partial charge in [-0.15, -0.1) is 0 Å². The molecule has 0 amide bonds. The van der Waals surface area contributed by atoms with Crippen molar-refractivity contribution in [1.82, 2.24) is 9.88 Å². The van der Waals surface area contributed by atoms with Crippen molar-refractivity contribution in [2.24, 2.45) is 35.0 Å². The molecule has 5 aliphatic rings. The highest BCUT2D eigenvalue weighted by atomic mass is 16.5. The summed E-state index contributed by atoms with van der Waals surface area (Å²) >= 11 is 0. The van der Waals surface area contributed by atoms with E-state index < -0.39 is 0 Å². The molecule has 0 spiro atoms. The minimum atomic E-state index is 0.361. The highest BCUT2D eigenvalue weighted by molar-refractivity contribution is 5.86. The lowest BCUT2D eigenvalue weighted by molar-refractivity contribution is -0.0620. The molecule has 34 heavy (non-hydrogen) atoms. The zero-order chi connectivity index (χ0) is 22.7. The summed E-state index contributed by atoms with van der Waals surface area (Å²) in [6, 6.07) is 10.1. The largest absolute Gasteiger partial charge is 0.379 e. The molecule has 3 heteroatoms. The second-order valence-corrected chi connectivity index (χ2v) is 12.3. The van der Waals surface area contributed by atoms with E-state index in [1.807, 2.05) is 12.4 Å². The Labute approximate surface area is 205 Å². The molecule has 7 rings (SSSR count). The maximum absolute atomic E-state index is 5.63. The molecule has 7 atom stereocenters. The van der Waals surface area contributed by atoms with Gasteiger partial charge in [0.1, 0.15) is 0 Å². The Morgan fingerprint density at radius 2 is 1.82 bits per heavy atom. The smallest absolute Gasteiger partial charge is 0.0594 e. The molecule has 0 N–H and O–H groups in total. The van der Waals surface area contributed by atoms with Gasteiger partial charge in [-0.1, -0.05) is 25.1 Å². The van der Waals surface area contributed by atoms with E-state index in [0.717, 1.165) is 61.9 Å². The topological polar surface area (TPSA) is 25.4 Å². The van der Waals surface area contributed by atoms with Gasteiger partial charge in [0.2, 0.25) is 0 Å². The maximum Gasteiger partial charge on any atom is 0.0594 e. The molecule has 180 valence electrons. The van der Waals surface area contributed by atoms with Crippen LogP contribution in [0.15, 0.2) is 42.7 Å². The van der Waals surface area contributed by atoms with Crippen LogP contribution in [0.2, 0.25) is 0 Å². The van der Waals surface area contributed by atoms with Gasteiger partial charge in [-0.05, 0) is 115 Å². The van der Waals surface area contributed by atoms with Gasteiger partial charge in [0, 0.05) is 36.9 Å². The summed E-state index contributed by atoms with van der Waals surface area (Å²) in [5.41, 5.74) is 3.47. The Balaban J connectivity index is 1.09. The number of hydrogen-bond donors (Lipinski definition) is 0. The van der Waals surface area contributed by atoms with Gasteiger partial charge in [-0.3, -0.25) is 9.88 Å². The molecule has 1 saturated heterocycles. The van der Waals surface area contributed by atoms with E-state index in [1.165, 1.54) is 67.7 Å². The van der Waals surface area contributed by atoms with Crippen molar-refractivity contribution in [3.05, 3.63) is 48.3 Å². The lowest BCUT2D eigenvalue weighted by Crippen LogP contribution is -2.51. The molecular formula is C31H40N2O. The number of benzene rings is 1. The second kappa shape index (κ2) is 8.45. The summed E-state index contributed by atoms with van der Waals surface area (Å²) < 4.78 is 5.63.